The SMILES string of the molecule is CCOC(=O)CCS.CCOC(=O)CCSc1ncccc1-c1ncccc1F.Fc1cccnc1-c1cccnc1Cl.O=C(C=Cc1ccccc1)C=Cc1ccccc1.O=C(C=Cc1ccccc1)C=Cc1ccccc1.O=C([CH-]Cc1ccccc1)[CH-]Cc1ccccc1.O=CO[O-].[H-].[K+].[K+].[Pd].[Pd].c1ccc(P(c2ccccc2)c2ccccc2Oc2ccccc2P(c2ccccc2)c2ccccc2)cc1. The van der Waals surface area contributed by atoms with Crippen LogP contribution in [0.25, 0.3) is 46.8 Å². The Hall–Kier alpha value is -10.6. The number of carbonyl (C=O) groups is 6. The molecule has 0 N–H and O–H groups in total. The van der Waals surface area contributed by atoms with E-state index in [0.29, 0.717) is 66.6 Å². The molecule has 0 spiro atoms. The largest absolute Gasteiger partial charge is 1.00 e. The summed E-state index contributed by atoms with van der Waals surface area (Å²) in [6.07, 6.45) is 25.4. The Kier molecular flexibility index (Phi) is 64.7. The molecule has 0 amide bonds. The minimum atomic E-state index is -0.795. The predicted molar refractivity (Wildman–Crippen MR) is 571 cm³/mol. The summed E-state index contributed by atoms with van der Waals surface area (Å²) >= 11 is 11.1. The first kappa shape index (κ1) is 124. The van der Waals surface area contributed by atoms with Gasteiger partial charge in [0.05, 0.1) is 26.1 Å². The van der Waals surface area contributed by atoms with Crippen molar-refractivity contribution in [2.45, 2.75) is 44.6 Å². The molecule has 16 rings (SSSR count). The average molecular weight is 2250 g/mol. The molecule has 12 aromatic carbocycles. The molecule has 0 atom stereocenters. The molecule has 730 valence electrons. The van der Waals surface area contributed by atoms with E-state index in [1.165, 1.54) is 79.1 Å². The number of esters is 2. The van der Waals surface area contributed by atoms with Crippen molar-refractivity contribution in [1.82, 2.24) is 19.9 Å². The molecule has 0 aliphatic carbocycles. The van der Waals surface area contributed by atoms with Gasteiger partial charge in [-0.15, -0.1) is 30.4 Å². The molecule has 0 unspecified atom stereocenters. The molecule has 0 radical (unpaired) electrons. The number of thiol groups is 1. The first-order chi connectivity index (χ1) is 68.6. The maximum absolute atomic E-state index is 13.8. The van der Waals surface area contributed by atoms with E-state index in [1.807, 2.05) is 206 Å². The molecule has 16 aromatic rings. The van der Waals surface area contributed by atoms with Crippen LogP contribution in [-0.2, 0) is 96.8 Å². The zero-order chi connectivity index (χ0) is 99.0. The van der Waals surface area contributed by atoms with Crippen LogP contribution in [0.1, 0.15) is 61.5 Å². The molecule has 0 aliphatic heterocycles. The number of hydrogen-bond acceptors (Lipinski definition) is 17. The number of ketones is 3. The van der Waals surface area contributed by atoms with Gasteiger partial charge >= 0.3 is 115 Å². The van der Waals surface area contributed by atoms with Crippen molar-refractivity contribution < 1.29 is 207 Å². The maximum atomic E-state index is 13.8. The molecular formula is C118H105ClF2K2N4O11P2Pd2S2-2. The number of hydrogen-bond donors (Lipinski definition) is 1. The zero-order valence-electron chi connectivity index (χ0n) is 80.7. The fourth-order valence-electron chi connectivity index (χ4n) is 12.8. The van der Waals surface area contributed by atoms with Crippen molar-refractivity contribution in [3.05, 3.63) is 512 Å². The van der Waals surface area contributed by atoms with Gasteiger partial charge < -0.3 is 43.4 Å². The third-order valence-electron chi connectivity index (χ3n) is 19.3. The fraction of sp³-hybridized carbons (Fsp3) is 0.0847. The van der Waals surface area contributed by atoms with Gasteiger partial charge in [0.25, 0.3) is 6.47 Å². The number of para-hydroxylation sites is 2. The molecule has 0 aliphatic rings. The predicted octanol–water partition coefficient (Wildman–Crippen LogP) is 18.1. The number of ether oxygens (including phenoxy) is 3. The van der Waals surface area contributed by atoms with Crippen LogP contribution in [0, 0.1) is 24.5 Å². The molecular weight excluding hydrogens is 2140 g/mol. The van der Waals surface area contributed by atoms with Crippen LogP contribution in [0.4, 0.5) is 8.78 Å². The number of rotatable bonds is 33. The van der Waals surface area contributed by atoms with Gasteiger partial charge in [0, 0.05) is 98.9 Å². The second kappa shape index (κ2) is 75.2. The van der Waals surface area contributed by atoms with Gasteiger partial charge in [-0.2, -0.15) is 12.6 Å². The third kappa shape index (κ3) is 47.3. The number of pyridine rings is 4. The number of halogens is 3. The Morgan fingerprint density at radius 2 is 0.688 bits per heavy atom. The van der Waals surface area contributed by atoms with Gasteiger partial charge in [-0.25, -0.2) is 18.7 Å². The zero-order valence-corrected chi connectivity index (χ0v) is 93.3. The van der Waals surface area contributed by atoms with Gasteiger partial charge in [0.1, 0.15) is 44.7 Å². The van der Waals surface area contributed by atoms with Crippen LogP contribution in [0.5, 0.6) is 11.5 Å². The maximum Gasteiger partial charge on any atom is 1.00 e. The second-order valence-corrected chi connectivity index (χ2v) is 35.5. The molecule has 144 heavy (non-hydrogen) atoms. The van der Waals surface area contributed by atoms with Crippen LogP contribution in [0.3, 0.4) is 0 Å². The van der Waals surface area contributed by atoms with E-state index in [-0.39, 0.29) is 197 Å². The van der Waals surface area contributed by atoms with Gasteiger partial charge in [-0.05, 0) is 158 Å². The molecule has 26 heteroatoms. The Morgan fingerprint density at radius 1 is 0.396 bits per heavy atom. The smallest absolute Gasteiger partial charge is 1.00 e. The summed E-state index contributed by atoms with van der Waals surface area (Å²) in [5.74, 6) is 1.78. The third-order valence-corrected chi connectivity index (χ3v) is 25.8. The Morgan fingerprint density at radius 3 is 1.01 bits per heavy atom. The van der Waals surface area contributed by atoms with E-state index in [9.17, 15) is 32.8 Å². The number of benzene rings is 12. The van der Waals surface area contributed by atoms with E-state index >= 15 is 0 Å². The van der Waals surface area contributed by atoms with E-state index < -0.39 is 27.5 Å². The number of carbonyl (C=O) groups excluding carboxylic acids is 6. The van der Waals surface area contributed by atoms with Crippen LogP contribution in [0.2, 0.25) is 5.15 Å². The molecule has 0 saturated carbocycles. The van der Waals surface area contributed by atoms with E-state index in [0.717, 1.165) is 33.8 Å². The minimum Gasteiger partial charge on any atom is -1.00 e. The van der Waals surface area contributed by atoms with Gasteiger partial charge in [0.2, 0.25) is 0 Å². The first-order valence-electron chi connectivity index (χ1n) is 44.6. The summed E-state index contributed by atoms with van der Waals surface area (Å²) in [6, 6.07) is 132. The van der Waals surface area contributed by atoms with Crippen molar-refractivity contribution in [2.75, 3.05) is 24.7 Å². The fourth-order valence-corrected chi connectivity index (χ4v) is 18.8. The number of thioether (sulfide) groups is 1. The van der Waals surface area contributed by atoms with Crippen molar-refractivity contribution in [3.8, 4) is 34.0 Å². The Labute approximate surface area is 974 Å². The van der Waals surface area contributed by atoms with Crippen LogP contribution in [-0.4, -0.2) is 80.4 Å². The molecule has 0 saturated heterocycles. The molecule has 4 heterocycles. The Bertz CT molecular complexity index is 6000. The summed E-state index contributed by atoms with van der Waals surface area (Å²) in [7, 11) is -1.59. The van der Waals surface area contributed by atoms with Gasteiger partial charge in [-0.3, -0.25) is 33.9 Å². The van der Waals surface area contributed by atoms with Crippen LogP contribution < -0.4 is 145 Å². The summed E-state index contributed by atoms with van der Waals surface area (Å²) in [6.45, 7) is 4.21. The normalized spacial score (nSPS) is 10.1. The molecule has 4 aromatic heterocycles. The molecule has 0 bridgehead atoms. The van der Waals surface area contributed by atoms with Crippen molar-refractivity contribution in [1.29, 1.82) is 0 Å². The Balaban J connectivity index is 0.000000364. The molecule has 0 fully saturated rings. The number of allylic oxidation sites excluding steroid dienone is 4. The summed E-state index contributed by atoms with van der Waals surface area (Å²) < 4.78 is 43.5. The van der Waals surface area contributed by atoms with Gasteiger partial charge in [-0.1, -0.05) is 387 Å². The average Bonchev–Trinajstić information content (AvgIpc) is 0.779. The number of aromatic nitrogens is 4. The summed E-state index contributed by atoms with van der Waals surface area (Å²) in [5, 5.41) is 17.0. The topological polar surface area (TPSA) is 214 Å². The van der Waals surface area contributed by atoms with Crippen LogP contribution in [0.15, 0.2) is 454 Å². The monoisotopic (exact) mass is 2240 g/mol. The van der Waals surface area contributed by atoms with Crippen molar-refractivity contribution in [2.24, 2.45) is 0 Å². The van der Waals surface area contributed by atoms with Crippen LogP contribution >= 0.6 is 51.8 Å². The van der Waals surface area contributed by atoms with E-state index in [1.54, 1.807) is 99.9 Å². The second-order valence-electron chi connectivity index (χ2n) is 29.3. The van der Waals surface area contributed by atoms with E-state index in [2.05, 4.69) is 212 Å². The number of nitrogens with zero attached hydrogens (tertiary/aromatic N) is 4. The first-order valence-corrected chi connectivity index (χ1v) is 49.3. The van der Waals surface area contributed by atoms with Crippen molar-refractivity contribution >= 4 is 144 Å². The summed E-state index contributed by atoms with van der Waals surface area (Å²) in [4.78, 5) is 83.9. The molecule has 15 nitrogen and oxygen atoms in total. The minimum absolute atomic E-state index is 0. The standard InChI is InChI=1S/C36H28OP2.C17H16O.2C17H14O.C15H15FN2O2S.C10H6ClFN2.C5H10O2S.CH2O3.2K.2Pd.H/c1-5-17-29(18-6-1)38(30-19-7-2-8-20-30)35-27-15-13-25-33(35)37-34-26-14-16-28-36(34)39(31-21-9-3-10-22-31)32-23-11-4-12-24-32;3*18-17(13-11-15-7-3-1-4-8-15)14-12-16-9-5-2-6-10-16;1-2-20-13(19)7-10-21-15-11(5-3-9-18-15)14-12(16)6-4-8-17-14;11-10-7(3-1-6-14-10)9-8(12)4-2-5-13-9;1-2-7-5(6)3-4-8;2-1-4-3;;;;;/h1-28H;1-10,13-14H,11-12H2;2*1-14H;3-6,8-9H,2,7,10H2,1H3;1-6H;8H,2-4H2,1H3;1,3H;;;;;/q;-2;;;;;;;2*+1;;;-1/p-1. The number of Topliss-reactive ketones (excluding diaryl/α,β-unsaturated/α-hetero) is 1. The van der Waals surface area contributed by atoms with Gasteiger partial charge in [0.15, 0.2) is 11.6 Å². The van der Waals surface area contributed by atoms with Crippen molar-refractivity contribution in [3.63, 3.8) is 0 Å². The summed E-state index contributed by atoms with van der Waals surface area (Å²) in [5.41, 5.74) is 8.07. The quantitative estimate of drug-likeness (QED) is 0.00346. The van der Waals surface area contributed by atoms with E-state index in [4.69, 9.17) is 31.1 Å².